The second kappa shape index (κ2) is 5.46. The molecule has 4 rings (SSSR count). The predicted octanol–water partition coefficient (Wildman–Crippen LogP) is 2.63. The summed E-state index contributed by atoms with van der Waals surface area (Å²) in [7, 11) is 2.09. The molecular weight excluding hydrogens is 330 g/mol. The molecular formula is C19H17N5S. The van der Waals surface area contributed by atoms with Gasteiger partial charge in [-0.1, -0.05) is 12.1 Å². The molecule has 0 saturated carbocycles. The van der Waals surface area contributed by atoms with Gasteiger partial charge in [-0.15, -0.1) is 11.3 Å². The van der Waals surface area contributed by atoms with Gasteiger partial charge >= 0.3 is 0 Å². The smallest absolute Gasteiger partial charge is 0.192 e. The normalized spacial score (nSPS) is 33.0. The van der Waals surface area contributed by atoms with Crippen molar-refractivity contribution in [2.24, 2.45) is 17.1 Å². The van der Waals surface area contributed by atoms with Gasteiger partial charge in [-0.25, -0.2) is 0 Å². The summed E-state index contributed by atoms with van der Waals surface area (Å²) in [6.45, 7) is 0. The molecule has 1 fully saturated rings. The first-order chi connectivity index (χ1) is 12.1. The number of allylic oxidation sites excluding steroid dienone is 2. The number of fused-ring (bicyclic) bond motifs is 4. The molecule has 0 radical (unpaired) electrons. The van der Waals surface area contributed by atoms with Crippen molar-refractivity contribution < 1.29 is 0 Å². The van der Waals surface area contributed by atoms with Crippen LogP contribution in [0.25, 0.3) is 0 Å². The van der Waals surface area contributed by atoms with Crippen LogP contribution in [0.2, 0.25) is 0 Å². The topological polar surface area (TPSA) is 101 Å². The number of hydrogen-bond acceptors (Lipinski definition) is 6. The highest BCUT2D eigenvalue weighted by atomic mass is 32.1. The maximum absolute atomic E-state index is 10.00. The molecule has 1 saturated heterocycles. The van der Waals surface area contributed by atoms with Crippen LogP contribution in [0.5, 0.6) is 0 Å². The van der Waals surface area contributed by atoms with Crippen LogP contribution in [0.15, 0.2) is 40.4 Å². The average molecular weight is 347 g/mol. The van der Waals surface area contributed by atoms with E-state index in [-0.39, 0.29) is 23.6 Å². The van der Waals surface area contributed by atoms with Gasteiger partial charge in [0.1, 0.15) is 6.07 Å². The number of nitrogens with two attached hydrogens (primary N) is 1. The summed E-state index contributed by atoms with van der Waals surface area (Å²) >= 11 is 1.55. The maximum atomic E-state index is 10.00. The van der Waals surface area contributed by atoms with Gasteiger partial charge in [0.2, 0.25) is 0 Å². The number of likely N-dealkylation sites (N-methyl/N-ethyl adjacent to an activating group) is 1. The molecule has 2 bridgehead atoms. The van der Waals surface area contributed by atoms with Gasteiger partial charge in [-0.2, -0.15) is 15.8 Å². The SMILES string of the molecule is CN1[C@@H]2C=C3C(C#N)=C(N)C(C#N)(C#N)[C@@H](c4cccs4)[C@H]3[C@@H]1CC2. The molecule has 1 aliphatic carbocycles. The molecule has 3 heterocycles. The Morgan fingerprint density at radius 1 is 1.28 bits per heavy atom. The first kappa shape index (κ1) is 15.9. The van der Waals surface area contributed by atoms with E-state index >= 15 is 0 Å². The fourth-order valence-electron chi connectivity index (χ4n) is 4.86. The molecule has 124 valence electrons. The summed E-state index contributed by atoms with van der Waals surface area (Å²) in [5.41, 5.74) is 6.19. The molecule has 0 spiro atoms. The van der Waals surface area contributed by atoms with Crippen LogP contribution >= 0.6 is 11.3 Å². The first-order valence-corrected chi connectivity index (χ1v) is 9.17. The van der Waals surface area contributed by atoms with E-state index in [1.165, 1.54) is 0 Å². The molecule has 25 heavy (non-hydrogen) atoms. The minimum absolute atomic E-state index is 0.0661. The van der Waals surface area contributed by atoms with Gasteiger partial charge in [0, 0.05) is 28.8 Å². The molecule has 0 unspecified atom stereocenters. The van der Waals surface area contributed by atoms with Crippen LogP contribution in [0.4, 0.5) is 0 Å². The van der Waals surface area contributed by atoms with Crippen molar-refractivity contribution in [2.75, 3.05) is 7.05 Å². The zero-order valence-corrected chi connectivity index (χ0v) is 14.6. The van der Waals surface area contributed by atoms with E-state index in [4.69, 9.17) is 5.73 Å². The highest BCUT2D eigenvalue weighted by Gasteiger charge is 2.58. The summed E-state index contributed by atoms with van der Waals surface area (Å²) in [5, 5.41) is 31.7. The second-order valence-electron chi connectivity index (χ2n) is 6.95. The zero-order valence-electron chi connectivity index (χ0n) is 13.8. The highest BCUT2D eigenvalue weighted by Crippen LogP contribution is 2.58. The van der Waals surface area contributed by atoms with E-state index in [9.17, 15) is 15.8 Å². The molecule has 0 amide bonds. The van der Waals surface area contributed by atoms with Gasteiger partial charge in [0.25, 0.3) is 0 Å². The van der Waals surface area contributed by atoms with Gasteiger partial charge in [-0.3, -0.25) is 4.90 Å². The van der Waals surface area contributed by atoms with Crippen LogP contribution in [0.3, 0.4) is 0 Å². The molecule has 3 aliphatic rings. The summed E-state index contributed by atoms with van der Waals surface area (Å²) in [6.07, 6.45) is 4.17. The molecule has 2 N–H and O–H groups in total. The second-order valence-corrected chi connectivity index (χ2v) is 7.93. The Kier molecular flexibility index (Phi) is 3.48. The summed E-state index contributed by atoms with van der Waals surface area (Å²) in [6, 6.07) is 11.0. The Morgan fingerprint density at radius 3 is 2.64 bits per heavy atom. The fourth-order valence-corrected chi connectivity index (χ4v) is 5.80. The van der Waals surface area contributed by atoms with Crippen molar-refractivity contribution in [1.82, 2.24) is 4.90 Å². The molecule has 2 aliphatic heterocycles. The van der Waals surface area contributed by atoms with Crippen LogP contribution in [-0.4, -0.2) is 24.0 Å². The van der Waals surface area contributed by atoms with Crippen molar-refractivity contribution >= 4 is 11.3 Å². The van der Waals surface area contributed by atoms with Gasteiger partial charge in [0.15, 0.2) is 5.41 Å². The monoisotopic (exact) mass is 347 g/mol. The fraction of sp³-hybridized carbons (Fsp3) is 0.421. The predicted molar refractivity (Wildman–Crippen MR) is 93.7 cm³/mol. The van der Waals surface area contributed by atoms with E-state index in [1.807, 2.05) is 17.5 Å². The number of rotatable bonds is 1. The van der Waals surface area contributed by atoms with Crippen molar-refractivity contribution in [1.29, 1.82) is 15.8 Å². The largest absolute Gasteiger partial charge is 0.399 e. The number of nitrogens with zero attached hydrogens (tertiary/aromatic N) is 4. The summed E-state index contributed by atoms with van der Waals surface area (Å²) in [5.74, 6) is -0.416. The molecule has 1 aromatic heterocycles. The lowest BCUT2D eigenvalue weighted by Crippen LogP contribution is -2.51. The minimum atomic E-state index is -1.51. The molecule has 0 aromatic carbocycles. The Labute approximate surface area is 150 Å². The number of nitriles is 3. The Bertz CT molecular complexity index is 891. The van der Waals surface area contributed by atoms with E-state index in [2.05, 4.69) is 36.2 Å². The van der Waals surface area contributed by atoms with Crippen LogP contribution in [0.1, 0.15) is 23.6 Å². The van der Waals surface area contributed by atoms with Crippen LogP contribution < -0.4 is 5.73 Å². The third-order valence-corrected chi connectivity index (χ3v) is 7.03. The summed E-state index contributed by atoms with van der Waals surface area (Å²) in [4.78, 5) is 3.31. The molecule has 6 heteroatoms. The van der Waals surface area contributed by atoms with Crippen molar-refractivity contribution in [2.45, 2.75) is 30.8 Å². The number of thiophene rings is 1. The highest BCUT2D eigenvalue weighted by molar-refractivity contribution is 7.10. The average Bonchev–Trinajstić information content (AvgIpc) is 3.21. The number of hydrogen-bond donors (Lipinski definition) is 1. The van der Waals surface area contributed by atoms with E-state index in [1.54, 1.807) is 11.3 Å². The Balaban J connectivity index is 2.05. The molecule has 1 aromatic rings. The summed E-state index contributed by atoms with van der Waals surface area (Å²) < 4.78 is 0. The van der Waals surface area contributed by atoms with Gasteiger partial charge in [-0.05, 0) is 36.9 Å². The van der Waals surface area contributed by atoms with E-state index < -0.39 is 5.41 Å². The maximum Gasteiger partial charge on any atom is 0.192 e. The standard InChI is InChI=1S/C19H17N5S/c1-24-11-4-5-14(24)16-12(7-11)13(8-20)18(23)19(9-21,10-22)17(16)15-3-2-6-25-15/h2-3,6-7,11,14,16-17H,4-5,23H2,1H3/t11-,14-,16+,17-/m0/s1. The van der Waals surface area contributed by atoms with Gasteiger partial charge < -0.3 is 5.73 Å². The van der Waals surface area contributed by atoms with Crippen LogP contribution in [-0.2, 0) is 0 Å². The lowest BCUT2D eigenvalue weighted by atomic mass is 9.58. The quantitative estimate of drug-likeness (QED) is 0.841. The van der Waals surface area contributed by atoms with Crippen molar-refractivity contribution in [3.63, 3.8) is 0 Å². The van der Waals surface area contributed by atoms with Crippen molar-refractivity contribution in [3.8, 4) is 18.2 Å². The van der Waals surface area contributed by atoms with E-state index in [0.717, 1.165) is 23.3 Å². The zero-order chi connectivity index (χ0) is 17.8. The lowest BCUT2D eigenvalue weighted by molar-refractivity contribution is 0.162. The first-order valence-electron chi connectivity index (χ1n) is 8.29. The Hall–Kier alpha value is -2.59. The lowest BCUT2D eigenvalue weighted by Gasteiger charge is -2.47. The minimum Gasteiger partial charge on any atom is -0.399 e. The molecule has 4 atom stereocenters. The Morgan fingerprint density at radius 2 is 2.04 bits per heavy atom. The van der Waals surface area contributed by atoms with Crippen molar-refractivity contribution in [3.05, 3.63) is 45.3 Å². The third kappa shape index (κ3) is 1.89. The van der Waals surface area contributed by atoms with E-state index in [0.29, 0.717) is 11.6 Å². The van der Waals surface area contributed by atoms with Gasteiger partial charge in [0.05, 0.1) is 23.4 Å². The van der Waals surface area contributed by atoms with Crippen LogP contribution in [0, 0.1) is 45.3 Å². The molecule has 5 nitrogen and oxygen atoms in total. The third-order valence-electron chi connectivity index (χ3n) is 6.07.